The number of hydrogen-bond donors (Lipinski definition) is 1. The summed E-state index contributed by atoms with van der Waals surface area (Å²) in [5, 5.41) is 9.33. The highest BCUT2D eigenvalue weighted by Crippen LogP contribution is 2.02. The van der Waals surface area contributed by atoms with E-state index in [1.54, 1.807) is 13.8 Å². The Morgan fingerprint density at radius 1 is 1.50 bits per heavy atom. The first-order valence-electron chi connectivity index (χ1n) is 3.42. The molecule has 0 amide bonds. The molecule has 1 N–H and O–H groups in total. The van der Waals surface area contributed by atoms with Crippen LogP contribution in [0.2, 0.25) is 0 Å². The fraction of sp³-hybridized carbons (Fsp3) is 1.00. The van der Waals surface area contributed by atoms with Crippen LogP contribution in [0.15, 0.2) is 0 Å². The van der Waals surface area contributed by atoms with E-state index >= 15 is 0 Å². The van der Waals surface area contributed by atoms with Crippen LogP contribution < -0.4 is 0 Å². The SMILES string of the molecule is CN(CCCl)CC(C)(C)O. The molecular formula is C7H16ClNO. The molecule has 0 saturated carbocycles. The molecule has 0 saturated heterocycles. The molecule has 0 bridgehead atoms. The highest BCUT2D eigenvalue weighted by Gasteiger charge is 2.14. The van der Waals surface area contributed by atoms with Crippen molar-refractivity contribution in [3.05, 3.63) is 0 Å². The second-order valence-corrected chi connectivity index (χ2v) is 3.62. The van der Waals surface area contributed by atoms with E-state index in [0.29, 0.717) is 12.4 Å². The fourth-order valence-corrected chi connectivity index (χ4v) is 1.17. The van der Waals surface area contributed by atoms with Crippen LogP contribution in [-0.4, -0.2) is 41.6 Å². The van der Waals surface area contributed by atoms with E-state index in [0.717, 1.165) is 6.54 Å². The summed E-state index contributed by atoms with van der Waals surface area (Å²) in [6.07, 6.45) is 0. The van der Waals surface area contributed by atoms with Crippen molar-refractivity contribution in [2.45, 2.75) is 19.4 Å². The summed E-state index contributed by atoms with van der Waals surface area (Å²) in [5.41, 5.74) is -0.610. The van der Waals surface area contributed by atoms with Crippen LogP contribution in [0, 0.1) is 0 Å². The Kier molecular flexibility index (Phi) is 4.25. The van der Waals surface area contributed by atoms with Crippen LogP contribution in [0.5, 0.6) is 0 Å². The molecule has 10 heavy (non-hydrogen) atoms. The van der Waals surface area contributed by atoms with Gasteiger partial charge >= 0.3 is 0 Å². The van der Waals surface area contributed by atoms with Gasteiger partial charge in [-0.05, 0) is 20.9 Å². The molecule has 0 aromatic heterocycles. The number of alkyl halides is 1. The van der Waals surface area contributed by atoms with Gasteiger partial charge in [0, 0.05) is 19.0 Å². The summed E-state index contributed by atoms with van der Waals surface area (Å²) in [7, 11) is 1.94. The predicted molar refractivity (Wildman–Crippen MR) is 44.5 cm³/mol. The summed E-state index contributed by atoms with van der Waals surface area (Å²) in [5.74, 6) is 0.618. The van der Waals surface area contributed by atoms with Crippen LogP contribution in [-0.2, 0) is 0 Å². The zero-order valence-corrected chi connectivity index (χ0v) is 7.65. The maximum Gasteiger partial charge on any atom is 0.0718 e. The topological polar surface area (TPSA) is 23.5 Å². The van der Waals surface area contributed by atoms with E-state index in [2.05, 4.69) is 0 Å². The Hall–Kier alpha value is 0.210. The Morgan fingerprint density at radius 3 is 2.30 bits per heavy atom. The molecule has 0 aromatic rings. The lowest BCUT2D eigenvalue weighted by atomic mass is 10.1. The first-order chi connectivity index (χ1) is 4.45. The molecule has 0 radical (unpaired) electrons. The van der Waals surface area contributed by atoms with Gasteiger partial charge in [0.2, 0.25) is 0 Å². The summed E-state index contributed by atoms with van der Waals surface area (Å²) in [6, 6.07) is 0. The van der Waals surface area contributed by atoms with Crippen molar-refractivity contribution in [1.82, 2.24) is 4.90 Å². The second-order valence-electron chi connectivity index (χ2n) is 3.24. The molecule has 3 heteroatoms. The first kappa shape index (κ1) is 10.2. The van der Waals surface area contributed by atoms with E-state index in [-0.39, 0.29) is 0 Å². The molecule has 0 unspecified atom stereocenters. The van der Waals surface area contributed by atoms with Crippen LogP contribution >= 0.6 is 11.6 Å². The molecule has 2 nitrogen and oxygen atoms in total. The molecule has 0 aromatic carbocycles. The number of rotatable bonds is 4. The zero-order chi connectivity index (χ0) is 8.20. The van der Waals surface area contributed by atoms with Gasteiger partial charge in [-0.2, -0.15) is 0 Å². The van der Waals surface area contributed by atoms with Gasteiger partial charge in [-0.15, -0.1) is 11.6 Å². The van der Waals surface area contributed by atoms with E-state index < -0.39 is 5.60 Å². The maximum absolute atomic E-state index is 9.33. The lowest BCUT2D eigenvalue weighted by molar-refractivity contribution is 0.0464. The maximum atomic E-state index is 9.33. The standard InChI is InChI=1S/C7H16ClNO/c1-7(2,10)6-9(3)5-4-8/h10H,4-6H2,1-3H3. The first-order valence-corrected chi connectivity index (χ1v) is 3.96. The summed E-state index contributed by atoms with van der Waals surface area (Å²) in [4.78, 5) is 2.01. The third-order valence-corrected chi connectivity index (χ3v) is 1.29. The third-order valence-electron chi connectivity index (χ3n) is 1.12. The minimum absolute atomic E-state index is 0.610. The molecule has 0 rings (SSSR count). The normalized spacial score (nSPS) is 12.6. The highest BCUT2D eigenvalue weighted by molar-refractivity contribution is 6.18. The molecule has 0 fully saturated rings. The van der Waals surface area contributed by atoms with Gasteiger partial charge < -0.3 is 10.0 Å². The molecule has 0 aliphatic heterocycles. The van der Waals surface area contributed by atoms with Gasteiger partial charge in [0.1, 0.15) is 0 Å². The smallest absolute Gasteiger partial charge is 0.0718 e. The predicted octanol–water partition coefficient (Wildman–Crippen LogP) is 0.928. The van der Waals surface area contributed by atoms with E-state index in [4.69, 9.17) is 11.6 Å². The van der Waals surface area contributed by atoms with Gasteiger partial charge in [-0.25, -0.2) is 0 Å². The van der Waals surface area contributed by atoms with Crippen LogP contribution in [0.4, 0.5) is 0 Å². The minimum atomic E-state index is -0.610. The number of aliphatic hydroxyl groups is 1. The molecule has 0 atom stereocenters. The quantitative estimate of drug-likeness (QED) is 0.627. The lowest BCUT2D eigenvalue weighted by Crippen LogP contribution is -2.37. The van der Waals surface area contributed by atoms with Gasteiger partial charge in [0.15, 0.2) is 0 Å². The van der Waals surface area contributed by atoms with Crippen molar-refractivity contribution in [3.8, 4) is 0 Å². The van der Waals surface area contributed by atoms with Crippen LogP contribution in [0.1, 0.15) is 13.8 Å². The fourth-order valence-electron chi connectivity index (χ4n) is 0.884. The van der Waals surface area contributed by atoms with Crippen molar-refractivity contribution in [3.63, 3.8) is 0 Å². The molecule has 0 heterocycles. The second kappa shape index (κ2) is 4.16. The van der Waals surface area contributed by atoms with Gasteiger partial charge in [-0.3, -0.25) is 0 Å². The highest BCUT2D eigenvalue weighted by atomic mass is 35.5. The Labute approximate surface area is 67.8 Å². The van der Waals surface area contributed by atoms with Crippen molar-refractivity contribution in [2.24, 2.45) is 0 Å². The van der Waals surface area contributed by atoms with Crippen molar-refractivity contribution < 1.29 is 5.11 Å². The van der Waals surface area contributed by atoms with Crippen molar-refractivity contribution in [2.75, 3.05) is 26.0 Å². The molecule has 0 aliphatic carbocycles. The number of hydrogen-bond acceptors (Lipinski definition) is 2. The van der Waals surface area contributed by atoms with Gasteiger partial charge in [0.05, 0.1) is 5.60 Å². The minimum Gasteiger partial charge on any atom is -0.389 e. The monoisotopic (exact) mass is 165 g/mol. The molecule has 0 aliphatic rings. The summed E-state index contributed by atoms with van der Waals surface area (Å²) < 4.78 is 0. The van der Waals surface area contributed by atoms with Crippen LogP contribution in [0.3, 0.4) is 0 Å². The van der Waals surface area contributed by atoms with E-state index in [1.807, 2.05) is 11.9 Å². The van der Waals surface area contributed by atoms with Crippen molar-refractivity contribution >= 4 is 11.6 Å². The lowest BCUT2D eigenvalue weighted by Gasteiger charge is -2.24. The average Bonchev–Trinajstić information content (AvgIpc) is 1.59. The summed E-state index contributed by atoms with van der Waals surface area (Å²) in [6.45, 7) is 5.07. The Bertz CT molecular complexity index is 90.1. The van der Waals surface area contributed by atoms with Crippen LogP contribution in [0.25, 0.3) is 0 Å². The summed E-state index contributed by atoms with van der Waals surface area (Å²) >= 11 is 5.50. The molecular weight excluding hydrogens is 150 g/mol. The Morgan fingerprint density at radius 2 is 2.00 bits per heavy atom. The van der Waals surface area contributed by atoms with Crippen molar-refractivity contribution in [1.29, 1.82) is 0 Å². The van der Waals surface area contributed by atoms with Gasteiger partial charge in [-0.1, -0.05) is 0 Å². The van der Waals surface area contributed by atoms with E-state index in [1.165, 1.54) is 0 Å². The number of halogens is 1. The number of nitrogens with zero attached hydrogens (tertiary/aromatic N) is 1. The van der Waals surface area contributed by atoms with Gasteiger partial charge in [0.25, 0.3) is 0 Å². The molecule has 62 valence electrons. The number of likely N-dealkylation sites (N-methyl/N-ethyl adjacent to an activating group) is 1. The zero-order valence-electron chi connectivity index (χ0n) is 6.89. The van der Waals surface area contributed by atoms with E-state index in [9.17, 15) is 5.11 Å². The molecule has 0 spiro atoms. The average molecular weight is 166 g/mol. The third kappa shape index (κ3) is 6.33. The largest absolute Gasteiger partial charge is 0.389 e. The Balaban J connectivity index is 3.47.